The fourth-order valence-corrected chi connectivity index (χ4v) is 3.67. The van der Waals surface area contributed by atoms with Crippen LogP contribution in [0.4, 0.5) is 0 Å². The highest BCUT2D eigenvalue weighted by molar-refractivity contribution is 5.32. The van der Waals surface area contributed by atoms with Gasteiger partial charge >= 0.3 is 0 Å². The molecule has 2 N–H and O–H groups in total. The maximum atomic E-state index is 6.52. The van der Waals surface area contributed by atoms with E-state index in [1.54, 1.807) is 0 Å². The normalized spacial score (nSPS) is 22.4. The van der Waals surface area contributed by atoms with Crippen LogP contribution in [0.1, 0.15) is 44.6 Å². The van der Waals surface area contributed by atoms with E-state index >= 15 is 0 Å². The summed E-state index contributed by atoms with van der Waals surface area (Å²) < 4.78 is 11.3. The second kappa shape index (κ2) is 8.32. The smallest absolute Gasteiger partial charge is 0.119 e. The van der Waals surface area contributed by atoms with Crippen LogP contribution in [-0.4, -0.2) is 44.4 Å². The van der Waals surface area contributed by atoms with E-state index in [1.807, 2.05) is 0 Å². The molecule has 4 heteroatoms. The monoisotopic (exact) mass is 332 g/mol. The van der Waals surface area contributed by atoms with Crippen molar-refractivity contribution in [3.8, 4) is 5.75 Å². The van der Waals surface area contributed by atoms with E-state index in [0.717, 1.165) is 57.3 Å². The number of ether oxygens (including phenoxy) is 2. The number of hydrogen-bond donors (Lipinski definition) is 1. The Balaban J connectivity index is 1.40. The maximum Gasteiger partial charge on any atom is 0.119 e. The highest BCUT2D eigenvalue weighted by Gasteiger charge is 2.29. The highest BCUT2D eigenvalue weighted by Crippen LogP contribution is 2.30. The van der Waals surface area contributed by atoms with E-state index in [-0.39, 0.29) is 5.54 Å². The van der Waals surface area contributed by atoms with E-state index in [4.69, 9.17) is 15.2 Å². The quantitative estimate of drug-likeness (QED) is 0.813. The van der Waals surface area contributed by atoms with Gasteiger partial charge in [-0.3, -0.25) is 0 Å². The Labute approximate surface area is 146 Å². The second-order valence-corrected chi connectivity index (χ2v) is 7.52. The summed E-state index contributed by atoms with van der Waals surface area (Å²) in [4.78, 5) is 2.57. The van der Waals surface area contributed by atoms with Gasteiger partial charge in [-0.05, 0) is 68.8 Å². The minimum atomic E-state index is -0.234. The van der Waals surface area contributed by atoms with Crippen molar-refractivity contribution >= 4 is 0 Å². The molecule has 2 aliphatic heterocycles. The van der Waals surface area contributed by atoms with E-state index in [9.17, 15) is 0 Å². The molecule has 0 bridgehead atoms. The molecular weight excluding hydrogens is 300 g/mol. The van der Waals surface area contributed by atoms with Crippen molar-refractivity contribution in [3.05, 3.63) is 29.8 Å². The lowest BCUT2D eigenvalue weighted by molar-refractivity contribution is 0.0522. The lowest BCUT2D eigenvalue weighted by Crippen LogP contribution is -2.42. The fraction of sp³-hybridized carbons (Fsp3) is 0.700. The van der Waals surface area contributed by atoms with Crippen LogP contribution in [0, 0.1) is 5.92 Å². The van der Waals surface area contributed by atoms with Gasteiger partial charge < -0.3 is 20.1 Å². The SMILES string of the molecule is CC1CCN(CCCOc2ccc(C3(N)CCOCC3)cc2)CC1. The average molecular weight is 332 g/mol. The average Bonchev–Trinajstić information content (AvgIpc) is 2.61. The zero-order valence-electron chi connectivity index (χ0n) is 15.0. The molecule has 0 aliphatic carbocycles. The van der Waals surface area contributed by atoms with Crippen molar-refractivity contribution in [2.24, 2.45) is 11.7 Å². The summed E-state index contributed by atoms with van der Waals surface area (Å²) in [6.07, 6.45) is 5.56. The topological polar surface area (TPSA) is 47.7 Å². The van der Waals surface area contributed by atoms with Crippen LogP contribution in [0.15, 0.2) is 24.3 Å². The van der Waals surface area contributed by atoms with E-state index in [2.05, 4.69) is 36.1 Å². The number of rotatable bonds is 6. The van der Waals surface area contributed by atoms with Gasteiger partial charge in [-0.1, -0.05) is 19.1 Å². The summed E-state index contributed by atoms with van der Waals surface area (Å²) in [5.74, 6) is 1.85. The third kappa shape index (κ3) is 4.71. The molecule has 2 heterocycles. The molecule has 0 radical (unpaired) electrons. The predicted molar refractivity (Wildman–Crippen MR) is 97.3 cm³/mol. The Morgan fingerprint density at radius 3 is 2.50 bits per heavy atom. The van der Waals surface area contributed by atoms with Crippen molar-refractivity contribution in [3.63, 3.8) is 0 Å². The van der Waals surface area contributed by atoms with Crippen LogP contribution in [0.2, 0.25) is 0 Å². The first-order chi connectivity index (χ1) is 11.7. The first kappa shape index (κ1) is 17.7. The number of nitrogens with two attached hydrogens (primary N) is 1. The van der Waals surface area contributed by atoms with Crippen molar-refractivity contribution < 1.29 is 9.47 Å². The summed E-state index contributed by atoms with van der Waals surface area (Å²) in [5.41, 5.74) is 7.48. The molecule has 4 nitrogen and oxygen atoms in total. The van der Waals surface area contributed by atoms with Crippen LogP contribution in [0.5, 0.6) is 5.75 Å². The lowest BCUT2D eigenvalue weighted by atomic mass is 9.84. The number of piperidine rings is 1. The number of nitrogens with zero attached hydrogens (tertiary/aromatic N) is 1. The minimum absolute atomic E-state index is 0.234. The van der Waals surface area contributed by atoms with Crippen LogP contribution >= 0.6 is 0 Å². The summed E-state index contributed by atoms with van der Waals surface area (Å²) in [5, 5.41) is 0. The molecule has 1 aromatic carbocycles. The van der Waals surface area contributed by atoms with Gasteiger partial charge in [-0.2, -0.15) is 0 Å². The lowest BCUT2D eigenvalue weighted by Gasteiger charge is -2.33. The van der Waals surface area contributed by atoms with Gasteiger partial charge in [0.25, 0.3) is 0 Å². The summed E-state index contributed by atoms with van der Waals surface area (Å²) in [7, 11) is 0. The minimum Gasteiger partial charge on any atom is -0.494 e. The molecule has 2 fully saturated rings. The standard InChI is InChI=1S/C20H32N2O2/c1-17-7-12-22(13-8-17)11-2-14-24-19-5-3-18(4-6-19)20(21)9-15-23-16-10-20/h3-6,17H,2,7-16,21H2,1H3. The molecule has 0 spiro atoms. The third-order valence-electron chi connectivity index (χ3n) is 5.58. The zero-order valence-corrected chi connectivity index (χ0v) is 15.0. The summed E-state index contributed by atoms with van der Waals surface area (Å²) in [6.45, 7) is 8.30. The van der Waals surface area contributed by atoms with E-state index < -0.39 is 0 Å². The molecule has 134 valence electrons. The van der Waals surface area contributed by atoms with Crippen molar-refractivity contribution in [1.82, 2.24) is 4.90 Å². The molecule has 0 unspecified atom stereocenters. The van der Waals surface area contributed by atoms with E-state index in [0.29, 0.717) is 0 Å². The molecule has 2 saturated heterocycles. The summed E-state index contributed by atoms with van der Waals surface area (Å²) in [6, 6.07) is 8.35. The van der Waals surface area contributed by atoms with Gasteiger partial charge in [0.15, 0.2) is 0 Å². The Bertz CT molecular complexity index is 489. The molecule has 0 amide bonds. The van der Waals surface area contributed by atoms with Crippen LogP contribution in [0.25, 0.3) is 0 Å². The first-order valence-electron chi connectivity index (χ1n) is 9.48. The number of benzene rings is 1. The first-order valence-corrected chi connectivity index (χ1v) is 9.48. The maximum absolute atomic E-state index is 6.52. The van der Waals surface area contributed by atoms with E-state index in [1.165, 1.54) is 31.5 Å². The van der Waals surface area contributed by atoms with Gasteiger partial charge in [0.05, 0.1) is 6.61 Å². The number of hydrogen-bond acceptors (Lipinski definition) is 4. The predicted octanol–water partition coefficient (Wildman–Crippen LogP) is 3.15. The Hall–Kier alpha value is -1.10. The molecule has 0 aromatic heterocycles. The van der Waals surface area contributed by atoms with Crippen LogP contribution in [0.3, 0.4) is 0 Å². The number of likely N-dealkylation sites (tertiary alicyclic amines) is 1. The molecule has 0 atom stereocenters. The second-order valence-electron chi connectivity index (χ2n) is 7.52. The van der Waals surface area contributed by atoms with Gasteiger partial charge in [0.2, 0.25) is 0 Å². The Kier molecular flexibility index (Phi) is 6.14. The third-order valence-corrected chi connectivity index (χ3v) is 5.58. The van der Waals surface area contributed by atoms with Gasteiger partial charge in [0, 0.05) is 25.3 Å². The van der Waals surface area contributed by atoms with Gasteiger partial charge in [-0.15, -0.1) is 0 Å². The molecular formula is C20H32N2O2. The zero-order chi connectivity index (χ0) is 16.8. The fourth-order valence-electron chi connectivity index (χ4n) is 3.67. The largest absolute Gasteiger partial charge is 0.494 e. The van der Waals surface area contributed by atoms with Crippen LogP contribution in [-0.2, 0) is 10.3 Å². The van der Waals surface area contributed by atoms with Crippen molar-refractivity contribution in [2.45, 2.75) is 44.6 Å². The van der Waals surface area contributed by atoms with Gasteiger partial charge in [-0.25, -0.2) is 0 Å². The molecule has 24 heavy (non-hydrogen) atoms. The highest BCUT2D eigenvalue weighted by atomic mass is 16.5. The van der Waals surface area contributed by atoms with Crippen molar-refractivity contribution in [2.75, 3.05) is 39.5 Å². The Morgan fingerprint density at radius 2 is 1.83 bits per heavy atom. The molecule has 1 aromatic rings. The van der Waals surface area contributed by atoms with Crippen molar-refractivity contribution in [1.29, 1.82) is 0 Å². The summed E-state index contributed by atoms with van der Waals surface area (Å²) >= 11 is 0. The van der Waals surface area contributed by atoms with Crippen LogP contribution < -0.4 is 10.5 Å². The Morgan fingerprint density at radius 1 is 1.17 bits per heavy atom. The molecule has 0 saturated carbocycles. The molecule has 2 aliphatic rings. The molecule has 3 rings (SSSR count). The van der Waals surface area contributed by atoms with Gasteiger partial charge in [0.1, 0.15) is 5.75 Å².